The predicted octanol–water partition coefficient (Wildman–Crippen LogP) is 4.34. The van der Waals surface area contributed by atoms with Gasteiger partial charge in [-0.2, -0.15) is 0 Å². The van der Waals surface area contributed by atoms with Crippen molar-refractivity contribution in [1.29, 1.82) is 0 Å². The minimum atomic E-state index is 0.649. The lowest BCUT2D eigenvalue weighted by Crippen LogP contribution is -2.50. The highest BCUT2D eigenvalue weighted by Gasteiger charge is 2.50. The molecule has 0 unspecified atom stereocenters. The van der Waals surface area contributed by atoms with Gasteiger partial charge >= 0.3 is 0 Å². The fourth-order valence-corrected chi connectivity index (χ4v) is 6.15. The van der Waals surface area contributed by atoms with Crippen LogP contribution in [0, 0.1) is 23.2 Å². The molecule has 120 valence electrons. The van der Waals surface area contributed by atoms with Crippen LogP contribution in [0.2, 0.25) is 0 Å². The van der Waals surface area contributed by atoms with Crippen LogP contribution in [0.25, 0.3) is 0 Å². The van der Waals surface area contributed by atoms with Gasteiger partial charge < -0.3 is 9.64 Å². The monoisotopic (exact) mass is 299 g/mol. The molecule has 22 heavy (non-hydrogen) atoms. The molecule has 2 nitrogen and oxygen atoms in total. The maximum absolute atomic E-state index is 5.25. The Morgan fingerprint density at radius 2 is 1.55 bits per heavy atom. The molecule has 0 N–H and O–H groups in total. The molecule has 1 aromatic carbocycles. The summed E-state index contributed by atoms with van der Waals surface area (Å²) in [6.45, 7) is 2.36. The topological polar surface area (TPSA) is 12.5 Å². The van der Waals surface area contributed by atoms with Crippen molar-refractivity contribution in [2.24, 2.45) is 23.2 Å². The number of hydrogen-bond donors (Lipinski definition) is 0. The molecule has 4 fully saturated rings. The summed E-state index contributed by atoms with van der Waals surface area (Å²) in [6, 6.07) is 8.56. The summed E-state index contributed by atoms with van der Waals surface area (Å²) in [5.74, 6) is 4.12. The maximum Gasteiger partial charge on any atom is 0.118 e. The molecule has 4 aliphatic rings. The third-order valence-electron chi connectivity index (χ3n) is 6.38. The van der Waals surface area contributed by atoms with E-state index in [9.17, 15) is 0 Å². The van der Waals surface area contributed by atoms with Gasteiger partial charge in [0.2, 0.25) is 0 Å². The first-order valence-electron chi connectivity index (χ1n) is 8.96. The Morgan fingerprint density at radius 1 is 1.00 bits per heavy atom. The van der Waals surface area contributed by atoms with Crippen molar-refractivity contribution in [1.82, 2.24) is 4.90 Å². The lowest BCUT2D eigenvalue weighted by atomic mass is 9.49. The zero-order chi connectivity index (χ0) is 15.2. The lowest BCUT2D eigenvalue weighted by molar-refractivity contribution is -0.0670. The molecule has 2 heteroatoms. The minimum Gasteiger partial charge on any atom is -0.497 e. The van der Waals surface area contributed by atoms with Gasteiger partial charge in [-0.15, -0.1) is 0 Å². The van der Waals surface area contributed by atoms with Crippen LogP contribution < -0.4 is 4.74 Å². The molecule has 4 saturated carbocycles. The standard InChI is InChI=1S/C20H29NO/c1-21(13-15-3-5-19(22-2)6-4-15)14-20-10-16-7-17(11-20)9-18(8-16)12-20/h3-6,16-18H,7-14H2,1-2H3. The smallest absolute Gasteiger partial charge is 0.118 e. The number of nitrogens with zero attached hydrogens (tertiary/aromatic N) is 1. The van der Waals surface area contributed by atoms with Crippen LogP contribution in [0.15, 0.2) is 24.3 Å². The molecule has 0 atom stereocenters. The van der Waals surface area contributed by atoms with Crippen LogP contribution in [0.5, 0.6) is 5.75 Å². The fourth-order valence-electron chi connectivity index (χ4n) is 6.15. The average Bonchev–Trinajstić information content (AvgIpc) is 2.45. The summed E-state index contributed by atoms with van der Waals surface area (Å²) in [4.78, 5) is 2.56. The van der Waals surface area contributed by atoms with Crippen LogP contribution in [0.4, 0.5) is 0 Å². The van der Waals surface area contributed by atoms with Crippen LogP contribution in [0.1, 0.15) is 44.1 Å². The van der Waals surface area contributed by atoms with E-state index in [2.05, 4.69) is 36.2 Å². The molecule has 4 aliphatic carbocycles. The number of benzene rings is 1. The molecule has 4 bridgehead atoms. The third kappa shape index (κ3) is 2.78. The van der Waals surface area contributed by atoms with Gasteiger partial charge in [0.05, 0.1) is 7.11 Å². The van der Waals surface area contributed by atoms with Crippen molar-refractivity contribution in [3.05, 3.63) is 29.8 Å². The zero-order valence-electron chi connectivity index (χ0n) is 14.1. The molecule has 0 radical (unpaired) electrons. The van der Waals surface area contributed by atoms with Gasteiger partial charge in [-0.3, -0.25) is 0 Å². The van der Waals surface area contributed by atoms with Gasteiger partial charge in [-0.1, -0.05) is 12.1 Å². The van der Waals surface area contributed by atoms with Crippen molar-refractivity contribution in [3.8, 4) is 5.75 Å². The summed E-state index contributed by atoms with van der Waals surface area (Å²) in [5.41, 5.74) is 2.05. The van der Waals surface area contributed by atoms with Crippen molar-refractivity contribution in [2.75, 3.05) is 20.7 Å². The van der Waals surface area contributed by atoms with E-state index in [1.165, 1.54) is 31.4 Å². The van der Waals surface area contributed by atoms with E-state index < -0.39 is 0 Å². The summed E-state index contributed by atoms with van der Waals surface area (Å²) in [7, 11) is 4.04. The van der Waals surface area contributed by atoms with Crippen molar-refractivity contribution in [3.63, 3.8) is 0 Å². The molecule has 0 amide bonds. The lowest BCUT2D eigenvalue weighted by Gasteiger charge is -2.57. The van der Waals surface area contributed by atoms with Gasteiger partial charge in [-0.25, -0.2) is 0 Å². The van der Waals surface area contributed by atoms with Crippen LogP contribution in [0.3, 0.4) is 0 Å². The molecule has 0 saturated heterocycles. The van der Waals surface area contributed by atoms with E-state index in [4.69, 9.17) is 4.74 Å². The number of ether oxygens (including phenoxy) is 1. The average molecular weight is 299 g/mol. The van der Waals surface area contributed by atoms with E-state index in [0.717, 1.165) is 30.0 Å². The van der Waals surface area contributed by atoms with E-state index in [1.54, 1.807) is 26.4 Å². The van der Waals surface area contributed by atoms with Gasteiger partial charge in [0.1, 0.15) is 5.75 Å². The van der Waals surface area contributed by atoms with E-state index in [0.29, 0.717) is 5.41 Å². The Morgan fingerprint density at radius 3 is 2.05 bits per heavy atom. The van der Waals surface area contributed by atoms with Gasteiger partial charge in [-0.05, 0) is 86.4 Å². The molecule has 0 heterocycles. The van der Waals surface area contributed by atoms with E-state index in [1.807, 2.05) is 0 Å². The van der Waals surface area contributed by atoms with E-state index in [-0.39, 0.29) is 0 Å². The molecule has 0 aliphatic heterocycles. The van der Waals surface area contributed by atoms with Crippen LogP contribution in [-0.2, 0) is 6.54 Å². The van der Waals surface area contributed by atoms with Gasteiger partial charge in [0, 0.05) is 13.1 Å². The highest BCUT2D eigenvalue weighted by Crippen LogP contribution is 2.60. The molecule has 5 rings (SSSR count). The van der Waals surface area contributed by atoms with Crippen LogP contribution >= 0.6 is 0 Å². The Bertz CT molecular complexity index is 486. The second-order valence-electron chi connectivity index (χ2n) is 8.44. The Balaban J connectivity index is 1.40. The second-order valence-corrected chi connectivity index (χ2v) is 8.44. The summed E-state index contributed by atoms with van der Waals surface area (Å²) >= 11 is 0. The Labute approximate surface area is 134 Å². The minimum absolute atomic E-state index is 0.649. The quantitative estimate of drug-likeness (QED) is 0.802. The SMILES string of the molecule is COc1ccc(CN(C)CC23CC4CC(CC(C4)C2)C3)cc1. The van der Waals surface area contributed by atoms with Crippen molar-refractivity contribution >= 4 is 0 Å². The number of methoxy groups -OCH3 is 1. The Hall–Kier alpha value is -1.02. The predicted molar refractivity (Wildman–Crippen MR) is 89.9 cm³/mol. The largest absolute Gasteiger partial charge is 0.497 e. The van der Waals surface area contributed by atoms with Crippen molar-refractivity contribution in [2.45, 2.75) is 45.1 Å². The van der Waals surface area contributed by atoms with Crippen LogP contribution in [-0.4, -0.2) is 25.6 Å². The maximum atomic E-state index is 5.25. The molecule has 0 aromatic heterocycles. The highest BCUT2D eigenvalue weighted by molar-refractivity contribution is 5.27. The summed E-state index contributed by atoms with van der Waals surface area (Å²) in [6.07, 6.45) is 9.15. The van der Waals surface area contributed by atoms with Gasteiger partial charge in [0.25, 0.3) is 0 Å². The summed E-state index contributed by atoms with van der Waals surface area (Å²) < 4.78 is 5.25. The number of rotatable bonds is 5. The third-order valence-corrected chi connectivity index (χ3v) is 6.38. The van der Waals surface area contributed by atoms with Gasteiger partial charge in [0.15, 0.2) is 0 Å². The molecular weight excluding hydrogens is 270 g/mol. The van der Waals surface area contributed by atoms with Crippen molar-refractivity contribution < 1.29 is 4.74 Å². The first-order valence-corrected chi connectivity index (χ1v) is 8.96. The number of hydrogen-bond acceptors (Lipinski definition) is 2. The second kappa shape index (κ2) is 5.56. The molecule has 0 spiro atoms. The van der Waals surface area contributed by atoms with E-state index >= 15 is 0 Å². The first-order chi connectivity index (χ1) is 10.6. The zero-order valence-corrected chi connectivity index (χ0v) is 14.1. The Kier molecular flexibility index (Phi) is 3.68. The normalized spacial score (nSPS) is 36.0. The molecular formula is C20H29NO. The molecule has 1 aromatic rings. The fraction of sp³-hybridized carbons (Fsp3) is 0.700. The first kappa shape index (κ1) is 14.6. The summed E-state index contributed by atoms with van der Waals surface area (Å²) in [5, 5.41) is 0. The highest BCUT2D eigenvalue weighted by atomic mass is 16.5.